The first kappa shape index (κ1) is 13.6. The largest absolute Gasteiger partial charge is 0.487 e. The van der Waals surface area contributed by atoms with Gasteiger partial charge in [0.05, 0.1) is 11.2 Å². The summed E-state index contributed by atoms with van der Waals surface area (Å²) in [5.74, 6) is 0.853. The van der Waals surface area contributed by atoms with Gasteiger partial charge in [-0.3, -0.25) is 0 Å². The van der Waals surface area contributed by atoms with Crippen LogP contribution in [0.25, 0.3) is 10.9 Å². The molecule has 0 aliphatic carbocycles. The number of aromatic nitrogens is 1. The first-order valence-corrected chi connectivity index (χ1v) is 7.11. The second kappa shape index (κ2) is 6.37. The van der Waals surface area contributed by atoms with Crippen LogP contribution in [0.4, 0.5) is 0 Å². The molecule has 3 heteroatoms. The Labute approximate surface area is 124 Å². The molecule has 0 aliphatic heterocycles. The highest BCUT2D eigenvalue weighted by molar-refractivity contribution is 5.78. The summed E-state index contributed by atoms with van der Waals surface area (Å²) in [5.41, 5.74) is 8.70. The molecule has 106 valence electrons. The van der Waals surface area contributed by atoms with E-state index in [1.165, 1.54) is 5.56 Å². The molecule has 3 rings (SSSR count). The average molecular weight is 278 g/mol. The van der Waals surface area contributed by atoms with Crippen LogP contribution in [0.15, 0.2) is 60.7 Å². The second-order valence-electron chi connectivity index (χ2n) is 4.97. The van der Waals surface area contributed by atoms with E-state index in [9.17, 15) is 0 Å². The molecule has 0 saturated carbocycles. The summed E-state index contributed by atoms with van der Waals surface area (Å²) in [4.78, 5) is 4.60. The van der Waals surface area contributed by atoms with Gasteiger partial charge in [0.25, 0.3) is 0 Å². The van der Waals surface area contributed by atoms with Crippen molar-refractivity contribution in [3.05, 3.63) is 71.9 Å². The summed E-state index contributed by atoms with van der Waals surface area (Å²) in [6.45, 7) is 1.14. The fraction of sp³-hybridized carbons (Fsp3) is 0.167. The Morgan fingerprint density at radius 1 is 0.905 bits per heavy atom. The van der Waals surface area contributed by atoms with Crippen molar-refractivity contribution in [2.75, 3.05) is 6.54 Å². The van der Waals surface area contributed by atoms with Crippen LogP contribution in [0.1, 0.15) is 11.3 Å². The van der Waals surface area contributed by atoms with E-state index in [4.69, 9.17) is 10.5 Å². The third-order valence-corrected chi connectivity index (χ3v) is 3.40. The fourth-order valence-corrected chi connectivity index (χ4v) is 2.26. The molecule has 0 atom stereocenters. The van der Waals surface area contributed by atoms with Crippen molar-refractivity contribution < 1.29 is 4.74 Å². The van der Waals surface area contributed by atoms with Crippen molar-refractivity contribution in [1.82, 2.24) is 4.98 Å². The highest BCUT2D eigenvalue weighted by atomic mass is 16.5. The zero-order valence-corrected chi connectivity index (χ0v) is 11.8. The van der Waals surface area contributed by atoms with Gasteiger partial charge in [-0.05, 0) is 42.8 Å². The van der Waals surface area contributed by atoms with Crippen LogP contribution in [0, 0.1) is 0 Å². The minimum atomic E-state index is 0.473. The van der Waals surface area contributed by atoms with Gasteiger partial charge >= 0.3 is 0 Å². The van der Waals surface area contributed by atoms with Gasteiger partial charge < -0.3 is 10.5 Å². The molecule has 2 aromatic carbocycles. The first-order valence-electron chi connectivity index (χ1n) is 7.11. The van der Waals surface area contributed by atoms with Crippen LogP contribution in [-0.4, -0.2) is 11.5 Å². The van der Waals surface area contributed by atoms with E-state index in [1.807, 2.05) is 36.4 Å². The van der Waals surface area contributed by atoms with Crippen LogP contribution < -0.4 is 10.5 Å². The number of rotatable bonds is 5. The summed E-state index contributed by atoms with van der Waals surface area (Å²) < 4.78 is 5.78. The summed E-state index contributed by atoms with van der Waals surface area (Å²) in [6.07, 6.45) is 0.895. The molecule has 2 N–H and O–H groups in total. The molecule has 0 aliphatic rings. The quantitative estimate of drug-likeness (QED) is 0.779. The molecule has 1 aromatic heterocycles. The molecule has 0 radical (unpaired) electrons. The van der Waals surface area contributed by atoms with Gasteiger partial charge in [-0.1, -0.05) is 36.4 Å². The van der Waals surface area contributed by atoms with Gasteiger partial charge in [0, 0.05) is 5.39 Å². The lowest BCUT2D eigenvalue weighted by Gasteiger charge is -2.07. The highest BCUT2D eigenvalue weighted by Crippen LogP contribution is 2.16. The number of nitrogens with two attached hydrogens (primary N) is 1. The fourth-order valence-electron chi connectivity index (χ4n) is 2.26. The Morgan fingerprint density at radius 2 is 1.71 bits per heavy atom. The van der Waals surface area contributed by atoms with Crippen LogP contribution in [-0.2, 0) is 13.0 Å². The topological polar surface area (TPSA) is 48.1 Å². The lowest BCUT2D eigenvalue weighted by Crippen LogP contribution is -2.02. The van der Waals surface area contributed by atoms with Crippen molar-refractivity contribution in [2.24, 2.45) is 5.73 Å². The molecule has 0 unspecified atom stereocenters. The molecule has 3 aromatic rings. The summed E-state index contributed by atoms with van der Waals surface area (Å²) in [7, 11) is 0. The maximum atomic E-state index is 5.78. The van der Waals surface area contributed by atoms with Crippen LogP contribution >= 0.6 is 0 Å². The van der Waals surface area contributed by atoms with Gasteiger partial charge in [-0.25, -0.2) is 4.98 Å². The van der Waals surface area contributed by atoms with Crippen LogP contribution in [0.3, 0.4) is 0 Å². The molecular weight excluding hydrogens is 260 g/mol. The molecule has 0 amide bonds. The molecule has 0 saturated heterocycles. The SMILES string of the molecule is NCCc1ccc(OCc2ccc3ccccc3n2)cc1. The molecule has 0 bridgehead atoms. The lowest BCUT2D eigenvalue weighted by molar-refractivity contribution is 0.301. The summed E-state index contributed by atoms with van der Waals surface area (Å²) >= 11 is 0. The number of fused-ring (bicyclic) bond motifs is 1. The molecule has 3 nitrogen and oxygen atoms in total. The van der Waals surface area contributed by atoms with E-state index < -0.39 is 0 Å². The number of benzene rings is 2. The first-order chi connectivity index (χ1) is 10.3. The molecule has 21 heavy (non-hydrogen) atoms. The maximum Gasteiger partial charge on any atom is 0.130 e. The van der Waals surface area contributed by atoms with Crippen LogP contribution in [0.5, 0.6) is 5.75 Å². The minimum Gasteiger partial charge on any atom is -0.487 e. The normalized spacial score (nSPS) is 10.7. The predicted octanol–water partition coefficient (Wildman–Crippen LogP) is 3.32. The van der Waals surface area contributed by atoms with Crippen molar-refractivity contribution >= 4 is 10.9 Å². The molecular formula is C18H18N2O. The van der Waals surface area contributed by atoms with E-state index in [0.29, 0.717) is 13.2 Å². The standard InChI is InChI=1S/C18H18N2O/c19-12-11-14-5-9-17(10-6-14)21-13-16-8-7-15-3-1-2-4-18(15)20-16/h1-10H,11-13,19H2. The number of nitrogens with zero attached hydrogens (tertiary/aromatic N) is 1. The molecule has 0 spiro atoms. The summed E-state index contributed by atoms with van der Waals surface area (Å²) in [6, 6.07) is 20.2. The van der Waals surface area contributed by atoms with E-state index in [-0.39, 0.29) is 0 Å². The number of hydrogen-bond donors (Lipinski definition) is 1. The predicted molar refractivity (Wildman–Crippen MR) is 85.3 cm³/mol. The summed E-state index contributed by atoms with van der Waals surface area (Å²) in [5, 5.41) is 1.15. The zero-order valence-electron chi connectivity index (χ0n) is 11.8. The molecule has 0 fully saturated rings. The number of hydrogen-bond acceptors (Lipinski definition) is 3. The Balaban J connectivity index is 1.68. The highest BCUT2D eigenvalue weighted by Gasteiger charge is 2.00. The smallest absolute Gasteiger partial charge is 0.130 e. The molecule has 1 heterocycles. The van der Waals surface area contributed by atoms with Crippen molar-refractivity contribution in [3.63, 3.8) is 0 Å². The second-order valence-corrected chi connectivity index (χ2v) is 4.97. The monoisotopic (exact) mass is 278 g/mol. The van der Waals surface area contributed by atoms with E-state index in [1.54, 1.807) is 0 Å². The Hall–Kier alpha value is -2.39. The maximum absolute atomic E-state index is 5.78. The third-order valence-electron chi connectivity index (χ3n) is 3.40. The van der Waals surface area contributed by atoms with Crippen molar-refractivity contribution in [3.8, 4) is 5.75 Å². The van der Waals surface area contributed by atoms with Crippen molar-refractivity contribution in [1.29, 1.82) is 0 Å². The average Bonchev–Trinajstić information content (AvgIpc) is 2.54. The van der Waals surface area contributed by atoms with Gasteiger partial charge in [0.1, 0.15) is 12.4 Å². The number of para-hydroxylation sites is 1. The zero-order chi connectivity index (χ0) is 14.5. The number of ether oxygens (including phenoxy) is 1. The lowest BCUT2D eigenvalue weighted by atomic mass is 10.1. The van der Waals surface area contributed by atoms with Gasteiger partial charge in [-0.15, -0.1) is 0 Å². The van der Waals surface area contributed by atoms with Gasteiger partial charge in [0.2, 0.25) is 0 Å². The van der Waals surface area contributed by atoms with Gasteiger partial charge in [-0.2, -0.15) is 0 Å². The minimum absolute atomic E-state index is 0.473. The van der Waals surface area contributed by atoms with Crippen LogP contribution in [0.2, 0.25) is 0 Å². The Morgan fingerprint density at radius 3 is 2.52 bits per heavy atom. The third kappa shape index (κ3) is 3.38. The van der Waals surface area contributed by atoms with Gasteiger partial charge in [0.15, 0.2) is 0 Å². The number of pyridine rings is 1. The van der Waals surface area contributed by atoms with E-state index >= 15 is 0 Å². The van der Waals surface area contributed by atoms with Crippen molar-refractivity contribution in [2.45, 2.75) is 13.0 Å². The Bertz CT molecular complexity index is 723. The van der Waals surface area contributed by atoms with E-state index in [2.05, 4.69) is 29.2 Å². The Kier molecular flexibility index (Phi) is 4.12. The van der Waals surface area contributed by atoms with E-state index in [0.717, 1.165) is 28.8 Å².